The van der Waals surface area contributed by atoms with E-state index in [0.717, 1.165) is 44.4 Å². The standard InChI is InChI=1S/C19H36O2/c1-4-7-9-16(6-3)15-19(18(20)21)13-11-17(12-14-19)10-8-5-2/h16-17H,4-15H2,1-3H3,(H,20,21). The summed E-state index contributed by atoms with van der Waals surface area (Å²) in [5.41, 5.74) is -0.406. The molecule has 2 heteroatoms. The number of carbonyl (C=O) groups is 1. The van der Waals surface area contributed by atoms with Crippen LogP contribution in [0, 0.1) is 17.3 Å². The molecule has 0 aromatic rings. The molecule has 0 amide bonds. The second kappa shape index (κ2) is 9.48. The molecular formula is C19H36O2. The number of unbranched alkanes of at least 4 members (excludes halogenated alkanes) is 2. The lowest BCUT2D eigenvalue weighted by Gasteiger charge is -2.39. The molecule has 0 aromatic carbocycles. The van der Waals surface area contributed by atoms with E-state index in [4.69, 9.17) is 0 Å². The average Bonchev–Trinajstić information content (AvgIpc) is 2.50. The summed E-state index contributed by atoms with van der Waals surface area (Å²) in [5.74, 6) is 0.868. The molecule has 0 saturated heterocycles. The van der Waals surface area contributed by atoms with Gasteiger partial charge in [-0.1, -0.05) is 65.7 Å². The third-order valence-electron chi connectivity index (χ3n) is 5.70. The van der Waals surface area contributed by atoms with Crippen LogP contribution in [-0.4, -0.2) is 11.1 Å². The van der Waals surface area contributed by atoms with Crippen molar-refractivity contribution >= 4 is 5.97 Å². The summed E-state index contributed by atoms with van der Waals surface area (Å²) in [7, 11) is 0. The lowest BCUT2D eigenvalue weighted by atomic mass is 9.65. The first-order chi connectivity index (χ1) is 10.1. The SMILES string of the molecule is CCCCC1CCC(CC(CC)CCCC)(C(=O)O)CC1. The van der Waals surface area contributed by atoms with Crippen molar-refractivity contribution in [2.75, 3.05) is 0 Å². The summed E-state index contributed by atoms with van der Waals surface area (Å²) in [6.07, 6.45) is 13.7. The van der Waals surface area contributed by atoms with Crippen molar-refractivity contribution in [3.63, 3.8) is 0 Å². The number of aliphatic carboxylic acids is 1. The van der Waals surface area contributed by atoms with E-state index < -0.39 is 11.4 Å². The Morgan fingerprint density at radius 2 is 1.76 bits per heavy atom. The fourth-order valence-electron chi connectivity index (χ4n) is 4.01. The molecule has 1 fully saturated rings. The maximum atomic E-state index is 11.9. The zero-order valence-corrected chi connectivity index (χ0v) is 14.5. The van der Waals surface area contributed by atoms with E-state index in [-0.39, 0.29) is 0 Å². The minimum atomic E-state index is -0.522. The molecule has 1 aliphatic rings. The number of carboxylic acid groups (broad SMARTS) is 1. The molecule has 2 nitrogen and oxygen atoms in total. The van der Waals surface area contributed by atoms with Crippen LogP contribution >= 0.6 is 0 Å². The van der Waals surface area contributed by atoms with Crippen molar-refractivity contribution in [3.8, 4) is 0 Å². The highest BCUT2D eigenvalue weighted by atomic mass is 16.4. The van der Waals surface area contributed by atoms with Gasteiger partial charge in [0.1, 0.15) is 0 Å². The van der Waals surface area contributed by atoms with Crippen LogP contribution in [0.2, 0.25) is 0 Å². The number of hydrogen-bond donors (Lipinski definition) is 1. The predicted octanol–water partition coefficient (Wildman–Crippen LogP) is 6.04. The van der Waals surface area contributed by atoms with Gasteiger partial charge < -0.3 is 5.11 Å². The van der Waals surface area contributed by atoms with Crippen molar-refractivity contribution in [1.82, 2.24) is 0 Å². The van der Waals surface area contributed by atoms with Crippen LogP contribution in [0.25, 0.3) is 0 Å². The third-order valence-corrected chi connectivity index (χ3v) is 5.70. The van der Waals surface area contributed by atoms with E-state index in [1.54, 1.807) is 0 Å². The molecule has 0 bridgehead atoms. The highest BCUT2D eigenvalue weighted by Crippen LogP contribution is 2.46. The summed E-state index contributed by atoms with van der Waals surface area (Å²) in [6.45, 7) is 6.69. The first kappa shape index (κ1) is 18.5. The largest absolute Gasteiger partial charge is 0.481 e. The highest BCUT2D eigenvalue weighted by molar-refractivity contribution is 5.74. The quantitative estimate of drug-likeness (QED) is 0.533. The fourth-order valence-corrected chi connectivity index (χ4v) is 4.01. The summed E-state index contributed by atoms with van der Waals surface area (Å²) in [4.78, 5) is 11.9. The zero-order chi connectivity index (χ0) is 15.7. The summed E-state index contributed by atoms with van der Waals surface area (Å²) < 4.78 is 0. The zero-order valence-electron chi connectivity index (χ0n) is 14.5. The molecule has 1 unspecified atom stereocenters. The molecule has 0 heterocycles. The highest BCUT2D eigenvalue weighted by Gasteiger charge is 2.42. The smallest absolute Gasteiger partial charge is 0.309 e. The lowest BCUT2D eigenvalue weighted by molar-refractivity contribution is -0.153. The Hall–Kier alpha value is -0.530. The number of carboxylic acids is 1. The van der Waals surface area contributed by atoms with E-state index in [2.05, 4.69) is 20.8 Å². The van der Waals surface area contributed by atoms with Gasteiger partial charge in [0.25, 0.3) is 0 Å². The Kier molecular flexibility index (Phi) is 8.36. The van der Waals surface area contributed by atoms with Crippen LogP contribution in [0.1, 0.15) is 97.8 Å². The van der Waals surface area contributed by atoms with E-state index in [9.17, 15) is 9.90 Å². The Balaban J connectivity index is 2.58. The normalized spacial score (nSPS) is 27.5. The van der Waals surface area contributed by atoms with Gasteiger partial charge in [-0.2, -0.15) is 0 Å². The molecule has 0 radical (unpaired) electrons. The van der Waals surface area contributed by atoms with Gasteiger partial charge in [-0.3, -0.25) is 4.79 Å². The lowest BCUT2D eigenvalue weighted by Crippen LogP contribution is -2.37. The van der Waals surface area contributed by atoms with E-state index in [1.165, 1.54) is 38.5 Å². The van der Waals surface area contributed by atoms with Crippen LogP contribution in [-0.2, 0) is 4.79 Å². The van der Waals surface area contributed by atoms with Crippen LogP contribution in [0.5, 0.6) is 0 Å². The number of hydrogen-bond acceptors (Lipinski definition) is 1. The van der Waals surface area contributed by atoms with Crippen LogP contribution in [0.4, 0.5) is 0 Å². The molecule has 1 rings (SSSR count). The molecule has 124 valence electrons. The summed E-state index contributed by atoms with van der Waals surface area (Å²) >= 11 is 0. The maximum Gasteiger partial charge on any atom is 0.309 e. The van der Waals surface area contributed by atoms with Gasteiger partial charge in [0.2, 0.25) is 0 Å². The van der Waals surface area contributed by atoms with Crippen molar-refractivity contribution in [1.29, 1.82) is 0 Å². The van der Waals surface area contributed by atoms with E-state index >= 15 is 0 Å². The summed E-state index contributed by atoms with van der Waals surface area (Å²) in [5, 5.41) is 9.82. The van der Waals surface area contributed by atoms with Gasteiger partial charge in [0, 0.05) is 0 Å². The molecule has 1 atom stereocenters. The molecule has 21 heavy (non-hydrogen) atoms. The maximum absolute atomic E-state index is 11.9. The Bertz CT molecular complexity index is 290. The Morgan fingerprint density at radius 1 is 1.14 bits per heavy atom. The van der Waals surface area contributed by atoms with Gasteiger partial charge in [-0.05, 0) is 43.9 Å². The molecule has 0 aliphatic heterocycles. The second-order valence-corrected chi connectivity index (χ2v) is 7.29. The van der Waals surface area contributed by atoms with Gasteiger partial charge in [0.05, 0.1) is 5.41 Å². The van der Waals surface area contributed by atoms with Gasteiger partial charge in [-0.15, -0.1) is 0 Å². The van der Waals surface area contributed by atoms with Gasteiger partial charge in [-0.25, -0.2) is 0 Å². The minimum Gasteiger partial charge on any atom is -0.481 e. The predicted molar refractivity (Wildman–Crippen MR) is 89.5 cm³/mol. The molecule has 1 N–H and O–H groups in total. The van der Waals surface area contributed by atoms with Crippen LogP contribution in [0.3, 0.4) is 0 Å². The second-order valence-electron chi connectivity index (χ2n) is 7.29. The average molecular weight is 296 g/mol. The van der Waals surface area contributed by atoms with Crippen LogP contribution in [0.15, 0.2) is 0 Å². The van der Waals surface area contributed by atoms with E-state index in [1.807, 2.05) is 0 Å². The third kappa shape index (κ3) is 5.64. The van der Waals surface area contributed by atoms with Crippen LogP contribution < -0.4 is 0 Å². The topological polar surface area (TPSA) is 37.3 Å². The van der Waals surface area contributed by atoms with Crippen molar-refractivity contribution in [2.24, 2.45) is 17.3 Å². The Morgan fingerprint density at radius 3 is 2.24 bits per heavy atom. The first-order valence-corrected chi connectivity index (χ1v) is 9.31. The minimum absolute atomic E-state index is 0.406. The molecule has 1 saturated carbocycles. The summed E-state index contributed by atoms with van der Waals surface area (Å²) in [6, 6.07) is 0. The van der Waals surface area contributed by atoms with Gasteiger partial charge >= 0.3 is 5.97 Å². The Labute approximate surface area is 131 Å². The molecule has 0 aromatic heterocycles. The van der Waals surface area contributed by atoms with Crippen molar-refractivity contribution in [2.45, 2.75) is 97.8 Å². The van der Waals surface area contributed by atoms with Crippen molar-refractivity contribution in [3.05, 3.63) is 0 Å². The molecule has 0 spiro atoms. The first-order valence-electron chi connectivity index (χ1n) is 9.31. The monoisotopic (exact) mass is 296 g/mol. The molecular weight excluding hydrogens is 260 g/mol. The van der Waals surface area contributed by atoms with Gasteiger partial charge in [0.15, 0.2) is 0 Å². The van der Waals surface area contributed by atoms with Crippen molar-refractivity contribution < 1.29 is 9.90 Å². The molecule has 1 aliphatic carbocycles. The fraction of sp³-hybridized carbons (Fsp3) is 0.947. The van der Waals surface area contributed by atoms with E-state index in [0.29, 0.717) is 5.92 Å². The number of rotatable bonds is 10.